The summed E-state index contributed by atoms with van der Waals surface area (Å²) >= 11 is 0. The SMILES string of the molecule is O=CNc1c(F)cc(F)c(F)c1[N+](=O)[O-]. The molecule has 8 heteroatoms. The van der Waals surface area contributed by atoms with E-state index in [0.717, 1.165) is 0 Å². The molecule has 15 heavy (non-hydrogen) atoms. The first-order valence-electron chi connectivity index (χ1n) is 3.51. The molecule has 80 valence electrons. The number of carbonyl (C=O) groups excluding carboxylic acids is 1. The van der Waals surface area contributed by atoms with Crippen molar-refractivity contribution in [1.29, 1.82) is 0 Å². The van der Waals surface area contributed by atoms with Gasteiger partial charge in [0, 0.05) is 6.07 Å². The molecule has 0 heterocycles. The Morgan fingerprint density at radius 2 is 1.93 bits per heavy atom. The number of hydrogen-bond donors (Lipinski definition) is 1. The Kier molecular flexibility index (Phi) is 2.88. The minimum Gasteiger partial charge on any atom is -0.320 e. The number of nitro groups is 1. The second kappa shape index (κ2) is 3.95. The molecule has 0 spiro atoms. The predicted octanol–water partition coefficient (Wildman–Crippen LogP) is 1.58. The van der Waals surface area contributed by atoms with Gasteiger partial charge in [0.1, 0.15) is 0 Å². The predicted molar refractivity (Wildman–Crippen MR) is 42.7 cm³/mol. The third kappa shape index (κ3) is 1.87. The first-order chi connectivity index (χ1) is 6.99. The Bertz CT molecular complexity index is 436. The molecule has 0 radical (unpaired) electrons. The summed E-state index contributed by atoms with van der Waals surface area (Å²) in [6.45, 7) is 0. The number of benzene rings is 1. The summed E-state index contributed by atoms with van der Waals surface area (Å²) in [4.78, 5) is 19.0. The number of amides is 1. The van der Waals surface area contributed by atoms with Gasteiger partial charge < -0.3 is 5.32 Å². The average Bonchev–Trinajstić information content (AvgIpc) is 2.14. The third-order valence-electron chi connectivity index (χ3n) is 1.53. The van der Waals surface area contributed by atoms with Gasteiger partial charge in [-0.2, -0.15) is 4.39 Å². The minimum atomic E-state index is -1.83. The summed E-state index contributed by atoms with van der Waals surface area (Å²) < 4.78 is 38.4. The summed E-state index contributed by atoms with van der Waals surface area (Å²) in [7, 11) is 0. The van der Waals surface area contributed by atoms with Crippen molar-refractivity contribution in [3.8, 4) is 0 Å². The van der Waals surface area contributed by atoms with Crippen molar-refractivity contribution < 1.29 is 22.9 Å². The van der Waals surface area contributed by atoms with Crippen LogP contribution in [0.4, 0.5) is 24.5 Å². The second-order valence-electron chi connectivity index (χ2n) is 2.40. The highest BCUT2D eigenvalue weighted by Gasteiger charge is 2.27. The maximum absolute atomic E-state index is 12.9. The largest absolute Gasteiger partial charge is 0.334 e. The number of anilines is 1. The van der Waals surface area contributed by atoms with Crippen LogP contribution in [0.2, 0.25) is 0 Å². The first-order valence-corrected chi connectivity index (χ1v) is 3.51. The molecule has 0 aromatic heterocycles. The van der Waals surface area contributed by atoms with E-state index in [1.54, 1.807) is 5.32 Å². The van der Waals surface area contributed by atoms with Gasteiger partial charge in [0.15, 0.2) is 17.3 Å². The molecule has 0 aliphatic carbocycles. The fourth-order valence-electron chi connectivity index (χ4n) is 0.950. The van der Waals surface area contributed by atoms with E-state index in [4.69, 9.17) is 0 Å². The average molecular weight is 220 g/mol. The van der Waals surface area contributed by atoms with Crippen LogP contribution < -0.4 is 5.32 Å². The molecule has 0 unspecified atom stereocenters. The van der Waals surface area contributed by atoms with Crippen LogP contribution in [0.25, 0.3) is 0 Å². The standard InChI is InChI=1S/C7H3F3N2O3/c8-3-1-4(9)6(11-2-13)7(5(3)10)12(14)15/h1-2H,(H,11,13). The first kappa shape index (κ1) is 11.0. The Morgan fingerprint density at radius 3 is 2.40 bits per heavy atom. The fourth-order valence-corrected chi connectivity index (χ4v) is 0.950. The number of rotatable bonds is 3. The number of nitrogens with zero attached hydrogens (tertiary/aromatic N) is 1. The van der Waals surface area contributed by atoms with Gasteiger partial charge in [-0.1, -0.05) is 0 Å². The molecular weight excluding hydrogens is 217 g/mol. The van der Waals surface area contributed by atoms with Gasteiger partial charge in [0.2, 0.25) is 12.2 Å². The molecule has 0 bridgehead atoms. The van der Waals surface area contributed by atoms with Crippen LogP contribution in [-0.4, -0.2) is 11.3 Å². The van der Waals surface area contributed by atoms with Crippen LogP contribution in [0.1, 0.15) is 0 Å². The van der Waals surface area contributed by atoms with Gasteiger partial charge in [0.05, 0.1) is 4.92 Å². The van der Waals surface area contributed by atoms with E-state index in [9.17, 15) is 28.1 Å². The Morgan fingerprint density at radius 1 is 1.33 bits per heavy atom. The summed E-state index contributed by atoms with van der Waals surface area (Å²) in [6.07, 6.45) is -0.0806. The topological polar surface area (TPSA) is 72.2 Å². The smallest absolute Gasteiger partial charge is 0.320 e. The van der Waals surface area contributed by atoms with E-state index in [2.05, 4.69) is 0 Å². The molecule has 0 aliphatic heterocycles. The molecule has 1 rings (SSSR count). The molecule has 0 saturated heterocycles. The van der Waals surface area contributed by atoms with Crippen molar-refractivity contribution in [2.75, 3.05) is 5.32 Å². The van der Waals surface area contributed by atoms with Gasteiger partial charge in [-0.15, -0.1) is 0 Å². The number of carbonyl (C=O) groups is 1. The zero-order valence-corrected chi connectivity index (χ0v) is 6.96. The Hall–Kier alpha value is -2.12. The van der Waals surface area contributed by atoms with Gasteiger partial charge in [0.25, 0.3) is 0 Å². The van der Waals surface area contributed by atoms with Gasteiger partial charge >= 0.3 is 5.69 Å². The summed E-state index contributed by atoms with van der Waals surface area (Å²) in [5.41, 5.74) is -2.45. The summed E-state index contributed by atoms with van der Waals surface area (Å²) in [5.74, 6) is -4.95. The highest BCUT2D eigenvalue weighted by atomic mass is 19.2. The van der Waals surface area contributed by atoms with Gasteiger partial charge in [-0.3, -0.25) is 14.9 Å². The van der Waals surface area contributed by atoms with E-state index < -0.39 is 33.7 Å². The lowest BCUT2D eigenvalue weighted by molar-refractivity contribution is -0.387. The maximum atomic E-state index is 12.9. The Balaban J connectivity index is 3.53. The van der Waals surface area contributed by atoms with E-state index in [1.165, 1.54) is 0 Å². The number of nitrogens with one attached hydrogen (secondary N) is 1. The highest BCUT2D eigenvalue weighted by molar-refractivity contribution is 5.78. The van der Waals surface area contributed by atoms with Crippen molar-refractivity contribution in [2.45, 2.75) is 0 Å². The van der Waals surface area contributed by atoms with E-state index >= 15 is 0 Å². The molecule has 0 atom stereocenters. The van der Waals surface area contributed by atoms with Gasteiger partial charge in [-0.05, 0) is 0 Å². The molecule has 1 aromatic carbocycles. The van der Waals surface area contributed by atoms with Crippen LogP contribution in [0, 0.1) is 27.6 Å². The lowest BCUT2D eigenvalue weighted by Gasteiger charge is -2.03. The van der Waals surface area contributed by atoms with E-state index in [-0.39, 0.29) is 12.5 Å². The van der Waals surface area contributed by atoms with Crippen molar-refractivity contribution in [3.05, 3.63) is 33.6 Å². The Labute approximate surface area is 80.7 Å². The molecular formula is C7H3F3N2O3. The molecule has 1 amide bonds. The normalized spacial score (nSPS) is 9.80. The second-order valence-corrected chi connectivity index (χ2v) is 2.40. The van der Waals surface area contributed by atoms with Gasteiger partial charge in [-0.25, -0.2) is 8.78 Å². The fraction of sp³-hybridized carbons (Fsp3) is 0. The van der Waals surface area contributed by atoms with Crippen LogP contribution in [0.5, 0.6) is 0 Å². The van der Waals surface area contributed by atoms with E-state index in [1.807, 2.05) is 0 Å². The summed E-state index contributed by atoms with van der Waals surface area (Å²) in [6, 6.07) is 0.105. The lowest BCUT2D eigenvalue weighted by Crippen LogP contribution is -2.06. The molecule has 5 nitrogen and oxygen atoms in total. The third-order valence-corrected chi connectivity index (χ3v) is 1.53. The van der Waals surface area contributed by atoms with E-state index in [0.29, 0.717) is 0 Å². The molecule has 0 saturated carbocycles. The van der Waals surface area contributed by atoms with Crippen molar-refractivity contribution >= 4 is 17.8 Å². The molecule has 0 aliphatic rings. The van der Waals surface area contributed by atoms with Crippen molar-refractivity contribution in [3.63, 3.8) is 0 Å². The van der Waals surface area contributed by atoms with Crippen molar-refractivity contribution in [2.24, 2.45) is 0 Å². The number of nitro benzene ring substituents is 1. The zero-order valence-electron chi connectivity index (χ0n) is 6.96. The van der Waals surface area contributed by atoms with Crippen LogP contribution in [0.3, 0.4) is 0 Å². The van der Waals surface area contributed by atoms with Crippen molar-refractivity contribution in [1.82, 2.24) is 0 Å². The number of hydrogen-bond acceptors (Lipinski definition) is 3. The van der Waals surface area contributed by atoms with Crippen LogP contribution >= 0.6 is 0 Å². The lowest BCUT2D eigenvalue weighted by atomic mass is 10.2. The highest BCUT2D eigenvalue weighted by Crippen LogP contribution is 2.31. The maximum Gasteiger partial charge on any atom is 0.334 e. The van der Waals surface area contributed by atoms with Crippen LogP contribution in [0.15, 0.2) is 6.07 Å². The summed E-state index contributed by atoms with van der Waals surface area (Å²) in [5, 5.41) is 11.9. The minimum absolute atomic E-state index is 0.0806. The zero-order chi connectivity index (χ0) is 11.6. The molecule has 1 aromatic rings. The monoisotopic (exact) mass is 220 g/mol. The number of halogens is 3. The molecule has 1 N–H and O–H groups in total. The van der Waals surface area contributed by atoms with Crippen LogP contribution in [-0.2, 0) is 4.79 Å². The molecule has 0 fully saturated rings. The quantitative estimate of drug-likeness (QED) is 0.363.